The number of hydrogen-bond acceptors (Lipinski definition) is 8. The summed E-state index contributed by atoms with van der Waals surface area (Å²) >= 11 is 0. The van der Waals surface area contributed by atoms with Gasteiger partial charge in [0, 0.05) is 12.8 Å². The van der Waals surface area contributed by atoms with E-state index in [1.54, 1.807) is 0 Å². The summed E-state index contributed by atoms with van der Waals surface area (Å²) in [6.45, 7) is 4.14. The van der Waals surface area contributed by atoms with Crippen molar-refractivity contribution in [1.29, 1.82) is 0 Å². The molecule has 0 fully saturated rings. The van der Waals surface area contributed by atoms with Gasteiger partial charge in [-0.15, -0.1) is 0 Å². The van der Waals surface area contributed by atoms with Crippen molar-refractivity contribution in [1.82, 2.24) is 0 Å². The van der Waals surface area contributed by atoms with Crippen molar-refractivity contribution in [3.8, 4) is 0 Å². The average Bonchev–Trinajstić information content (AvgIpc) is 3.44. The third kappa shape index (κ3) is 66.6. The maximum atomic E-state index is 12.8. The molecular formula is C72H132NO8P. The molecule has 0 aliphatic rings. The molecule has 2 atom stereocenters. The zero-order valence-corrected chi connectivity index (χ0v) is 55.3. The first kappa shape index (κ1) is 79.5. The molecule has 82 heavy (non-hydrogen) atoms. The van der Waals surface area contributed by atoms with Crippen LogP contribution in [-0.4, -0.2) is 70.0 Å². The maximum Gasteiger partial charge on any atom is 0.306 e. The minimum atomic E-state index is -4.64. The molecule has 0 N–H and O–H groups in total. The zero-order chi connectivity index (χ0) is 59.8. The average molecular weight is 1170 g/mol. The number of quaternary nitrogens is 1. The molecule has 0 aromatic carbocycles. The number of nitrogens with zero attached hydrogens (tertiary/aromatic N) is 1. The smallest absolute Gasteiger partial charge is 0.306 e. The molecule has 0 saturated carbocycles. The highest BCUT2D eigenvalue weighted by atomic mass is 31.2. The summed E-state index contributed by atoms with van der Waals surface area (Å²) in [6.07, 6.45) is 84.3. The summed E-state index contributed by atoms with van der Waals surface area (Å²) in [5.41, 5.74) is 0. The quantitative estimate of drug-likeness (QED) is 0.0195. The first-order valence-electron chi connectivity index (χ1n) is 34.6. The van der Waals surface area contributed by atoms with Gasteiger partial charge in [0.25, 0.3) is 7.82 Å². The van der Waals surface area contributed by atoms with Gasteiger partial charge in [0.15, 0.2) is 6.10 Å². The van der Waals surface area contributed by atoms with Gasteiger partial charge in [-0.2, -0.15) is 0 Å². The lowest BCUT2D eigenvalue weighted by Gasteiger charge is -2.28. The van der Waals surface area contributed by atoms with Crippen molar-refractivity contribution in [2.24, 2.45) is 0 Å². The Morgan fingerprint density at radius 1 is 0.390 bits per heavy atom. The second kappa shape index (κ2) is 63.0. The number of ether oxygens (including phenoxy) is 2. The minimum Gasteiger partial charge on any atom is -0.756 e. The molecule has 0 radical (unpaired) electrons. The van der Waals surface area contributed by atoms with E-state index >= 15 is 0 Å². The van der Waals surface area contributed by atoms with E-state index in [0.29, 0.717) is 17.4 Å². The van der Waals surface area contributed by atoms with Crippen LogP contribution in [0.25, 0.3) is 0 Å². The molecule has 478 valence electrons. The molecule has 0 aromatic heterocycles. The first-order chi connectivity index (χ1) is 40.0. The lowest BCUT2D eigenvalue weighted by molar-refractivity contribution is -0.870. The SMILES string of the molecule is CC/C=C\C/C=C\C/C=C\CCCCCCCCCC(=O)OCC(COP(=O)([O-])OCC[N+](C)(C)C)OC(=O)CCCCCCCCCCCCCCCCCCCCCCCCCCCC/C=C\C/C=C\C/C=C\CCCCCCC. The van der Waals surface area contributed by atoms with Crippen molar-refractivity contribution >= 4 is 19.8 Å². The maximum absolute atomic E-state index is 12.8. The standard InChI is InChI=1S/C72H132NO8P/c1-6-8-10-12-14-16-18-20-22-24-25-26-27-28-29-30-31-32-33-34-35-36-37-38-39-40-41-42-43-44-45-46-47-49-51-53-55-57-59-61-63-65-72(75)81-70(69-80-82(76,77)79-67-66-73(3,4)5)68-78-71(74)64-62-60-58-56-54-52-50-48-23-21-19-17-15-13-11-9-7-2/h9,11,15,17-18,20-21,23-25,27-28,70H,6-8,10,12-14,16,19,22,26,29-69H2,1-5H3/b11-9-,17-15-,20-18-,23-21-,25-24-,28-27-. The van der Waals surface area contributed by atoms with E-state index < -0.39 is 26.5 Å². The van der Waals surface area contributed by atoms with Gasteiger partial charge in [-0.25, -0.2) is 0 Å². The number of likely N-dealkylation sites (N-methyl/N-ethyl adjacent to an activating group) is 1. The number of hydrogen-bond donors (Lipinski definition) is 0. The third-order valence-electron chi connectivity index (χ3n) is 15.2. The summed E-state index contributed by atoms with van der Waals surface area (Å²) in [5.74, 6) is -0.834. The van der Waals surface area contributed by atoms with Gasteiger partial charge in [0.1, 0.15) is 19.8 Å². The summed E-state index contributed by atoms with van der Waals surface area (Å²) in [4.78, 5) is 37.9. The van der Waals surface area contributed by atoms with Gasteiger partial charge in [-0.05, 0) is 83.5 Å². The fourth-order valence-corrected chi connectivity index (χ4v) is 10.6. The Morgan fingerprint density at radius 2 is 0.695 bits per heavy atom. The predicted octanol–water partition coefficient (Wildman–Crippen LogP) is 21.8. The third-order valence-corrected chi connectivity index (χ3v) is 16.2. The Balaban J connectivity index is 3.89. The van der Waals surface area contributed by atoms with Crippen LogP contribution in [0.3, 0.4) is 0 Å². The van der Waals surface area contributed by atoms with Crippen LogP contribution in [0.15, 0.2) is 72.9 Å². The van der Waals surface area contributed by atoms with Gasteiger partial charge < -0.3 is 27.9 Å². The highest BCUT2D eigenvalue weighted by molar-refractivity contribution is 7.45. The monoisotopic (exact) mass is 1170 g/mol. The van der Waals surface area contributed by atoms with E-state index in [2.05, 4.69) is 86.8 Å². The van der Waals surface area contributed by atoms with E-state index in [4.69, 9.17) is 18.5 Å². The zero-order valence-electron chi connectivity index (χ0n) is 54.4. The predicted molar refractivity (Wildman–Crippen MR) is 351 cm³/mol. The molecule has 0 aliphatic heterocycles. The van der Waals surface area contributed by atoms with E-state index in [9.17, 15) is 19.0 Å². The molecule has 0 heterocycles. The summed E-state index contributed by atoms with van der Waals surface area (Å²) in [7, 11) is 1.17. The second-order valence-electron chi connectivity index (χ2n) is 24.5. The lowest BCUT2D eigenvalue weighted by Crippen LogP contribution is -2.37. The molecule has 0 aromatic rings. The summed E-state index contributed by atoms with van der Waals surface area (Å²) in [6, 6.07) is 0. The highest BCUT2D eigenvalue weighted by Gasteiger charge is 2.22. The molecule has 0 amide bonds. The van der Waals surface area contributed by atoms with Crippen LogP contribution in [0.5, 0.6) is 0 Å². The van der Waals surface area contributed by atoms with Crippen molar-refractivity contribution in [2.75, 3.05) is 47.5 Å². The van der Waals surface area contributed by atoms with E-state index in [1.807, 2.05) is 21.1 Å². The van der Waals surface area contributed by atoms with Crippen LogP contribution >= 0.6 is 7.82 Å². The van der Waals surface area contributed by atoms with Crippen molar-refractivity contribution in [2.45, 2.75) is 328 Å². The van der Waals surface area contributed by atoms with Crippen LogP contribution in [0.4, 0.5) is 0 Å². The normalized spacial score (nSPS) is 13.6. The fraction of sp³-hybridized carbons (Fsp3) is 0.806. The molecule has 0 saturated heterocycles. The van der Waals surface area contributed by atoms with E-state index in [-0.39, 0.29) is 32.0 Å². The van der Waals surface area contributed by atoms with Crippen molar-refractivity contribution in [3.05, 3.63) is 72.9 Å². The summed E-state index contributed by atoms with van der Waals surface area (Å²) < 4.78 is 34.2. The summed E-state index contributed by atoms with van der Waals surface area (Å²) in [5, 5.41) is 0. The van der Waals surface area contributed by atoms with E-state index in [1.165, 1.54) is 212 Å². The number of esters is 2. The van der Waals surface area contributed by atoms with E-state index in [0.717, 1.165) is 77.0 Å². The number of carbonyl (C=O) groups excluding carboxylic acids is 2. The van der Waals surface area contributed by atoms with Crippen LogP contribution in [0, 0.1) is 0 Å². The Labute approximate surface area is 508 Å². The highest BCUT2D eigenvalue weighted by Crippen LogP contribution is 2.38. The van der Waals surface area contributed by atoms with Crippen molar-refractivity contribution in [3.63, 3.8) is 0 Å². The number of carbonyl (C=O) groups is 2. The Bertz CT molecular complexity index is 1610. The number of phosphoric ester groups is 1. The number of allylic oxidation sites excluding steroid dienone is 12. The van der Waals surface area contributed by atoms with Crippen LogP contribution < -0.4 is 4.89 Å². The molecular weight excluding hydrogens is 1040 g/mol. The van der Waals surface area contributed by atoms with Crippen LogP contribution in [0.1, 0.15) is 322 Å². The Kier molecular flexibility index (Phi) is 61.0. The fourth-order valence-electron chi connectivity index (χ4n) is 9.92. The molecule has 0 spiro atoms. The van der Waals surface area contributed by atoms with Crippen LogP contribution in [0.2, 0.25) is 0 Å². The number of phosphoric acid groups is 1. The second-order valence-corrected chi connectivity index (χ2v) is 25.9. The largest absolute Gasteiger partial charge is 0.756 e. The molecule has 0 aliphatic carbocycles. The first-order valence-corrected chi connectivity index (χ1v) is 36.1. The van der Waals surface area contributed by atoms with Gasteiger partial charge in [-0.1, -0.05) is 299 Å². The number of unbranched alkanes of at least 4 members (excludes halogenated alkanes) is 38. The minimum absolute atomic E-state index is 0.0329. The molecule has 0 bridgehead atoms. The van der Waals surface area contributed by atoms with Gasteiger partial charge in [0.05, 0.1) is 27.7 Å². The van der Waals surface area contributed by atoms with Crippen LogP contribution in [-0.2, 0) is 32.7 Å². The topological polar surface area (TPSA) is 111 Å². The van der Waals surface area contributed by atoms with Crippen molar-refractivity contribution < 1.29 is 42.1 Å². The molecule has 2 unspecified atom stereocenters. The van der Waals surface area contributed by atoms with Gasteiger partial charge in [0.2, 0.25) is 0 Å². The lowest BCUT2D eigenvalue weighted by atomic mass is 10.0. The van der Waals surface area contributed by atoms with Gasteiger partial charge in [-0.3, -0.25) is 14.2 Å². The molecule has 0 rings (SSSR count). The Morgan fingerprint density at radius 3 is 1.04 bits per heavy atom. The number of rotatable bonds is 64. The Hall–Kier alpha value is -2.55. The molecule has 10 heteroatoms. The molecule has 9 nitrogen and oxygen atoms in total. The van der Waals surface area contributed by atoms with Gasteiger partial charge >= 0.3 is 11.9 Å².